The Kier molecular flexibility index (Phi) is 6.91. The van der Waals surface area contributed by atoms with Gasteiger partial charge in [-0.15, -0.1) is 0 Å². The average molecular weight is 584 g/mol. The van der Waals surface area contributed by atoms with Crippen LogP contribution in [0.4, 0.5) is 0 Å². The number of aliphatic hydroxyl groups is 2. The first-order chi connectivity index (χ1) is 20.6. The van der Waals surface area contributed by atoms with Crippen LogP contribution in [0.15, 0.2) is 72.3 Å². The van der Waals surface area contributed by atoms with Gasteiger partial charge in [0.25, 0.3) is 0 Å². The summed E-state index contributed by atoms with van der Waals surface area (Å²) in [5.74, 6) is -0.240. The van der Waals surface area contributed by atoms with E-state index in [2.05, 4.69) is 38.1 Å². The van der Waals surface area contributed by atoms with Crippen LogP contribution in [-0.2, 0) is 32.0 Å². The summed E-state index contributed by atoms with van der Waals surface area (Å²) < 4.78 is 13.3. The Balaban J connectivity index is 1.16. The SMILES string of the molecule is C[C@]12C=CC(=O)C=C1CC[C@@H]1[C@@H]2[C@@H](O)C[C@@]2(C)[C@H]1C[C@H]1O[C@@H](c3ccc(Cc4cccc(CN)c4)cc3)O[C@]12C(=O)CO. The lowest BCUT2D eigenvalue weighted by atomic mass is 9.46. The Morgan fingerprint density at radius 2 is 1.86 bits per heavy atom. The van der Waals surface area contributed by atoms with Crippen molar-refractivity contribution in [2.24, 2.45) is 34.3 Å². The molecule has 5 aliphatic rings. The summed E-state index contributed by atoms with van der Waals surface area (Å²) >= 11 is 0. The van der Waals surface area contributed by atoms with Gasteiger partial charge in [-0.05, 0) is 72.8 Å². The maximum atomic E-state index is 13.8. The van der Waals surface area contributed by atoms with Crippen molar-refractivity contribution in [3.8, 4) is 0 Å². The third kappa shape index (κ3) is 4.20. The molecule has 226 valence electrons. The number of rotatable bonds is 6. The number of fused-ring (bicyclic) bond motifs is 7. The number of hydrogen-bond acceptors (Lipinski definition) is 7. The third-order valence-corrected chi connectivity index (χ3v) is 11.7. The maximum Gasteiger partial charge on any atom is 0.193 e. The molecular weight excluding hydrogens is 542 g/mol. The predicted molar refractivity (Wildman–Crippen MR) is 160 cm³/mol. The smallest absolute Gasteiger partial charge is 0.193 e. The van der Waals surface area contributed by atoms with Gasteiger partial charge in [-0.1, -0.05) is 74.0 Å². The number of nitrogens with two attached hydrogens (primary N) is 1. The van der Waals surface area contributed by atoms with Crippen molar-refractivity contribution in [3.63, 3.8) is 0 Å². The van der Waals surface area contributed by atoms with Crippen molar-refractivity contribution < 1.29 is 29.3 Å². The number of Topliss-reactive ketones (excluding diaryl/α,β-unsaturated/α-hetero) is 1. The molecule has 4 fully saturated rings. The number of carbonyl (C=O) groups is 2. The molecular formula is C36H41NO6. The van der Waals surface area contributed by atoms with Crippen LogP contribution in [0.25, 0.3) is 0 Å². The van der Waals surface area contributed by atoms with Crippen molar-refractivity contribution in [1.29, 1.82) is 0 Å². The van der Waals surface area contributed by atoms with E-state index in [0.717, 1.165) is 41.5 Å². The second-order valence-electron chi connectivity index (χ2n) is 13.8. The van der Waals surface area contributed by atoms with E-state index in [0.29, 0.717) is 19.4 Å². The summed E-state index contributed by atoms with van der Waals surface area (Å²) in [6.07, 6.45) is 6.78. The molecule has 1 saturated heterocycles. The summed E-state index contributed by atoms with van der Waals surface area (Å²) in [5, 5.41) is 22.0. The van der Waals surface area contributed by atoms with Crippen LogP contribution in [0.3, 0.4) is 0 Å². The molecule has 0 bridgehead atoms. The molecule has 1 aliphatic heterocycles. The van der Waals surface area contributed by atoms with Crippen LogP contribution in [0.1, 0.15) is 68.1 Å². The van der Waals surface area contributed by atoms with Crippen LogP contribution in [0, 0.1) is 28.6 Å². The van der Waals surface area contributed by atoms with E-state index >= 15 is 0 Å². The Morgan fingerprint density at radius 3 is 2.60 bits per heavy atom. The second kappa shape index (κ2) is 10.3. The van der Waals surface area contributed by atoms with Crippen LogP contribution in [0.5, 0.6) is 0 Å². The molecule has 0 radical (unpaired) electrons. The molecule has 7 heteroatoms. The summed E-state index contributed by atoms with van der Waals surface area (Å²) in [5.41, 5.74) is 8.69. The topological polar surface area (TPSA) is 119 Å². The molecule has 9 atom stereocenters. The fourth-order valence-corrected chi connectivity index (χ4v) is 9.73. The maximum absolute atomic E-state index is 13.8. The molecule has 0 amide bonds. The minimum atomic E-state index is -1.35. The number of carbonyl (C=O) groups excluding carboxylic acids is 2. The average Bonchev–Trinajstić information content (AvgIpc) is 3.50. The highest BCUT2D eigenvalue weighted by atomic mass is 16.7. The normalized spacial score (nSPS) is 39.5. The predicted octanol–water partition coefficient (Wildman–Crippen LogP) is 4.34. The molecule has 7 nitrogen and oxygen atoms in total. The number of hydrogen-bond donors (Lipinski definition) is 3. The number of ketones is 2. The van der Waals surface area contributed by atoms with Gasteiger partial charge in [0.2, 0.25) is 0 Å². The fraction of sp³-hybridized carbons (Fsp3) is 0.500. The van der Waals surface area contributed by atoms with E-state index in [4.69, 9.17) is 15.2 Å². The Morgan fingerprint density at radius 1 is 1.09 bits per heavy atom. The summed E-state index contributed by atoms with van der Waals surface area (Å²) in [6, 6.07) is 16.4. The molecule has 2 aromatic carbocycles. The number of allylic oxidation sites excluding steroid dienone is 4. The number of ether oxygens (including phenoxy) is 2. The summed E-state index contributed by atoms with van der Waals surface area (Å²) in [6.45, 7) is 4.06. The van der Waals surface area contributed by atoms with E-state index in [-0.39, 0.29) is 29.3 Å². The van der Waals surface area contributed by atoms with Crippen LogP contribution in [0.2, 0.25) is 0 Å². The molecule has 0 aromatic heterocycles. The first-order valence-electron chi connectivity index (χ1n) is 15.6. The summed E-state index contributed by atoms with van der Waals surface area (Å²) in [4.78, 5) is 25.9. The van der Waals surface area contributed by atoms with Gasteiger partial charge >= 0.3 is 0 Å². The molecule has 0 unspecified atom stereocenters. The lowest BCUT2D eigenvalue weighted by molar-refractivity contribution is -0.201. The molecule has 1 heterocycles. The second-order valence-corrected chi connectivity index (χ2v) is 13.8. The highest BCUT2D eigenvalue weighted by molar-refractivity contribution is 6.01. The summed E-state index contributed by atoms with van der Waals surface area (Å²) in [7, 11) is 0. The number of benzene rings is 2. The molecule has 4 N–H and O–H groups in total. The molecule has 43 heavy (non-hydrogen) atoms. The highest BCUT2D eigenvalue weighted by Gasteiger charge is 2.75. The molecule has 4 aliphatic carbocycles. The largest absolute Gasteiger partial charge is 0.393 e. The van der Waals surface area contributed by atoms with Gasteiger partial charge in [0.15, 0.2) is 23.5 Å². The Hall–Kier alpha value is -2.94. The Labute approximate surface area is 252 Å². The zero-order valence-electron chi connectivity index (χ0n) is 24.9. The molecule has 3 saturated carbocycles. The zero-order valence-corrected chi connectivity index (χ0v) is 24.9. The van der Waals surface area contributed by atoms with Crippen molar-refractivity contribution >= 4 is 11.6 Å². The van der Waals surface area contributed by atoms with Gasteiger partial charge in [-0.2, -0.15) is 0 Å². The van der Waals surface area contributed by atoms with Crippen molar-refractivity contribution in [1.82, 2.24) is 0 Å². The van der Waals surface area contributed by atoms with Gasteiger partial charge in [-0.25, -0.2) is 0 Å². The standard InChI is InChI=1S/C36H41NO6/c1-34-13-12-26(39)16-25(34)10-11-27-28-17-31-36(30(41)20-38,35(28,2)18-29(40)32(27)34)43-33(42-31)24-8-6-21(7-9-24)14-22-4-3-5-23(15-22)19-37/h3-9,12-13,15-16,27-29,31-33,38,40H,10-11,14,17-20,37H2,1-2H3/t27-,28-,29-,31+,32+,33+,34-,35-,36+/m0/s1. The van der Waals surface area contributed by atoms with E-state index in [1.165, 1.54) is 5.56 Å². The quantitative estimate of drug-likeness (QED) is 0.463. The van der Waals surface area contributed by atoms with Gasteiger partial charge < -0.3 is 25.4 Å². The number of aliphatic hydroxyl groups excluding tert-OH is 2. The highest BCUT2D eigenvalue weighted by Crippen LogP contribution is 2.70. The van der Waals surface area contributed by atoms with E-state index in [1.807, 2.05) is 30.3 Å². The fourth-order valence-electron chi connectivity index (χ4n) is 9.73. The van der Waals surface area contributed by atoms with E-state index in [1.54, 1.807) is 12.2 Å². The minimum absolute atomic E-state index is 0.00521. The van der Waals surface area contributed by atoms with Gasteiger partial charge in [-0.3, -0.25) is 9.59 Å². The van der Waals surface area contributed by atoms with E-state index in [9.17, 15) is 19.8 Å². The lowest BCUT2D eigenvalue weighted by Gasteiger charge is -2.59. The molecule has 2 aromatic rings. The first-order valence-corrected chi connectivity index (χ1v) is 15.6. The van der Waals surface area contributed by atoms with Gasteiger partial charge in [0, 0.05) is 28.9 Å². The monoisotopic (exact) mass is 583 g/mol. The van der Waals surface area contributed by atoms with E-state index < -0.39 is 41.5 Å². The van der Waals surface area contributed by atoms with Crippen LogP contribution < -0.4 is 5.73 Å². The molecule has 7 rings (SSSR count). The Bertz CT molecular complexity index is 1510. The van der Waals surface area contributed by atoms with Gasteiger partial charge in [0.05, 0.1) is 12.2 Å². The minimum Gasteiger partial charge on any atom is -0.393 e. The van der Waals surface area contributed by atoms with Crippen LogP contribution in [-0.4, -0.2) is 46.2 Å². The van der Waals surface area contributed by atoms with Gasteiger partial charge in [0.1, 0.15) is 6.61 Å². The molecule has 0 spiro atoms. The zero-order chi connectivity index (χ0) is 30.1. The first kappa shape index (κ1) is 28.8. The third-order valence-electron chi connectivity index (χ3n) is 11.7. The lowest BCUT2D eigenvalue weighted by Crippen LogP contribution is -2.63. The van der Waals surface area contributed by atoms with Crippen molar-refractivity contribution in [3.05, 3.63) is 94.6 Å². The van der Waals surface area contributed by atoms with Crippen molar-refractivity contribution in [2.45, 2.75) is 76.6 Å². The van der Waals surface area contributed by atoms with Crippen molar-refractivity contribution in [2.75, 3.05) is 6.61 Å². The van der Waals surface area contributed by atoms with Crippen LogP contribution >= 0.6 is 0 Å².